The topological polar surface area (TPSA) is 25.2 Å². The molecule has 3 rings (SSSR count). The summed E-state index contributed by atoms with van der Waals surface area (Å²) in [6.07, 6.45) is 1.84. The molecule has 1 N–H and O–H groups in total. The van der Waals surface area contributed by atoms with E-state index in [2.05, 4.69) is 30.4 Å². The van der Waals surface area contributed by atoms with E-state index in [1.807, 2.05) is 37.5 Å². The van der Waals surface area contributed by atoms with Gasteiger partial charge in [0.2, 0.25) is 0 Å². The Labute approximate surface area is 129 Å². The summed E-state index contributed by atoms with van der Waals surface area (Å²) in [6.45, 7) is 4.99. The van der Waals surface area contributed by atoms with Gasteiger partial charge in [-0.25, -0.2) is 0 Å². The van der Waals surface area contributed by atoms with Crippen LogP contribution in [0.25, 0.3) is 11.0 Å². The van der Waals surface area contributed by atoms with Gasteiger partial charge in [-0.2, -0.15) is 0 Å². The average Bonchev–Trinajstić information content (AvgIpc) is 2.92. The zero-order chi connectivity index (χ0) is 14.8. The zero-order valence-electron chi connectivity index (χ0n) is 12.2. The van der Waals surface area contributed by atoms with E-state index in [0.717, 1.165) is 39.2 Å². The van der Waals surface area contributed by atoms with E-state index in [1.165, 1.54) is 0 Å². The summed E-state index contributed by atoms with van der Waals surface area (Å²) in [7, 11) is 0. The molecule has 0 spiro atoms. The molecule has 0 fully saturated rings. The molecule has 2 aromatic carbocycles. The predicted molar refractivity (Wildman–Crippen MR) is 87.9 cm³/mol. The summed E-state index contributed by atoms with van der Waals surface area (Å²) in [5.41, 5.74) is 4.30. The number of rotatable bonds is 4. The van der Waals surface area contributed by atoms with E-state index < -0.39 is 0 Å². The minimum absolute atomic E-state index is 0.0803. The summed E-state index contributed by atoms with van der Waals surface area (Å²) >= 11 is 6.29. The van der Waals surface area contributed by atoms with Crippen molar-refractivity contribution in [2.45, 2.75) is 19.9 Å². The molecule has 21 heavy (non-hydrogen) atoms. The van der Waals surface area contributed by atoms with Crippen LogP contribution >= 0.6 is 11.6 Å². The molecule has 0 aliphatic carbocycles. The summed E-state index contributed by atoms with van der Waals surface area (Å²) in [5, 5.41) is 5.46. The van der Waals surface area contributed by atoms with Crippen LogP contribution in [0.2, 0.25) is 5.02 Å². The third-order valence-corrected chi connectivity index (χ3v) is 4.17. The van der Waals surface area contributed by atoms with E-state index >= 15 is 0 Å². The molecule has 3 aromatic rings. The number of aryl methyl sites for hydroxylation is 1. The molecule has 3 heteroatoms. The van der Waals surface area contributed by atoms with Crippen LogP contribution in [0.1, 0.15) is 29.7 Å². The highest BCUT2D eigenvalue weighted by Gasteiger charge is 2.18. The fourth-order valence-electron chi connectivity index (χ4n) is 2.62. The highest BCUT2D eigenvalue weighted by Crippen LogP contribution is 2.32. The molecule has 0 saturated carbocycles. The Morgan fingerprint density at radius 3 is 2.76 bits per heavy atom. The third-order valence-electron chi connectivity index (χ3n) is 3.76. The average molecular weight is 300 g/mol. The molecule has 1 unspecified atom stereocenters. The molecule has 0 radical (unpaired) electrons. The Kier molecular flexibility index (Phi) is 4.00. The molecule has 0 aliphatic heterocycles. The number of nitrogens with one attached hydrogen (secondary N) is 1. The van der Waals surface area contributed by atoms with Crippen molar-refractivity contribution in [3.63, 3.8) is 0 Å². The van der Waals surface area contributed by atoms with Gasteiger partial charge >= 0.3 is 0 Å². The van der Waals surface area contributed by atoms with Gasteiger partial charge in [-0.15, -0.1) is 0 Å². The van der Waals surface area contributed by atoms with E-state index in [-0.39, 0.29) is 6.04 Å². The Morgan fingerprint density at radius 1 is 1.19 bits per heavy atom. The van der Waals surface area contributed by atoms with Gasteiger partial charge in [-0.05, 0) is 36.7 Å². The number of hydrogen-bond donors (Lipinski definition) is 1. The first-order valence-corrected chi connectivity index (χ1v) is 7.54. The van der Waals surface area contributed by atoms with Crippen molar-refractivity contribution in [1.82, 2.24) is 5.32 Å². The van der Waals surface area contributed by atoms with Gasteiger partial charge in [0.25, 0.3) is 0 Å². The second-order valence-corrected chi connectivity index (χ2v) is 5.59. The number of furan rings is 1. The minimum atomic E-state index is 0.0803. The minimum Gasteiger partial charge on any atom is -0.464 e. The third kappa shape index (κ3) is 2.69. The van der Waals surface area contributed by atoms with Crippen LogP contribution in [-0.4, -0.2) is 6.54 Å². The summed E-state index contributed by atoms with van der Waals surface area (Å²) in [4.78, 5) is 0. The Morgan fingerprint density at radius 2 is 2.00 bits per heavy atom. The van der Waals surface area contributed by atoms with Crippen LogP contribution < -0.4 is 5.32 Å². The lowest BCUT2D eigenvalue weighted by atomic mass is 9.97. The van der Waals surface area contributed by atoms with Crippen molar-refractivity contribution < 1.29 is 4.42 Å². The summed E-state index contributed by atoms with van der Waals surface area (Å²) in [5.74, 6) is 0. The standard InChI is InChI=1S/C18H18ClNO/c1-3-20-18(13-9-8-12(2)16(19)10-13)15-11-21-17-7-5-4-6-14(15)17/h4-11,18,20H,3H2,1-2H3. The smallest absolute Gasteiger partial charge is 0.134 e. The number of fused-ring (bicyclic) bond motifs is 1. The number of benzene rings is 2. The lowest BCUT2D eigenvalue weighted by Gasteiger charge is -2.18. The van der Waals surface area contributed by atoms with Crippen LogP contribution in [0.15, 0.2) is 53.1 Å². The van der Waals surface area contributed by atoms with Crippen LogP contribution in [-0.2, 0) is 0 Å². The highest BCUT2D eigenvalue weighted by molar-refractivity contribution is 6.31. The molecular formula is C18H18ClNO. The highest BCUT2D eigenvalue weighted by atomic mass is 35.5. The van der Waals surface area contributed by atoms with Gasteiger partial charge in [0.1, 0.15) is 5.58 Å². The fraction of sp³-hybridized carbons (Fsp3) is 0.222. The Hall–Kier alpha value is -1.77. The van der Waals surface area contributed by atoms with E-state index in [0.29, 0.717) is 0 Å². The maximum absolute atomic E-state index is 6.29. The second kappa shape index (κ2) is 5.92. The molecule has 1 heterocycles. The number of para-hydroxylation sites is 1. The van der Waals surface area contributed by atoms with Gasteiger partial charge < -0.3 is 9.73 Å². The maximum Gasteiger partial charge on any atom is 0.134 e. The van der Waals surface area contributed by atoms with Gasteiger partial charge in [-0.1, -0.05) is 48.9 Å². The van der Waals surface area contributed by atoms with Crippen molar-refractivity contribution in [2.75, 3.05) is 6.54 Å². The normalized spacial score (nSPS) is 12.7. The molecule has 0 aliphatic rings. The second-order valence-electron chi connectivity index (χ2n) is 5.19. The first-order valence-electron chi connectivity index (χ1n) is 7.16. The van der Waals surface area contributed by atoms with E-state index in [4.69, 9.17) is 16.0 Å². The van der Waals surface area contributed by atoms with Crippen LogP contribution in [0.5, 0.6) is 0 Å². The molecule has 1 aromatic heterocycles. The SMILES string of the molecule is CCNC(c1ccc(C)c(Cl)c1)c1coc2ccccc12. The van der Waals surface area contributed by atoms with Gasteiger partial charge in [0, 0.05) is 16.0 Å². The van der Waals surface area contributed by atoms with E-state index in [9.17, 15) is 0 Å². The summed E-state index contributed by atoms with van der Waals surface area (Å²) in [6, 6.07) is 14.4. The molecular weight excluding hydrogens is 282 g/mol. The Bertz CT molecular complexity index is 763. The maximum atomic E-state index is 6.29. The molecule has 0 saturated heterocycles. The van der Waals surface area contributed by atoms with Crippen LogP contribution in [0, 0.1) is 6.92 Å². The van der Waals surface area contributed by atoms with Crippen molar-refractivity contribution >= 4 is 22.6 Å². The fourth-order valence-corrected chi connectivity index (χ4v) is 2.81. The number of hydrogen-bond acceptors (Lipinski definition) is 2. The van der Waals surface area contributed by atoms with E-state index in [1.54, 1.807) is 0 Å². The zero-order valence-corrected chi connectivity index (χ0v) is 12.9. The first kappa shape index (κ1) is 14.2. The molecule has 0 bridgehead atoms. The van der Waals surface area contributed by atoms with Crippen LogP contribution in [0.4, 0.5) is 0 Å². The molecule has 108 valence electrons. The molecule has 0 amide bonds. The lowest BCUT2D eigenvalue weighted by Crippen LogP contribution is -2.21. The van der Waals surface area contributed by atoms with Crippen molar-refractivity contribution in [3.8, 4) is 0 Å². The summed E-state index contributed by atoms with van der Waals surface area (Å²) < 4.78 is 5.68. The van der Waals surface area contributed by atoms with Crippen molar-refractivity contribution in [1.29, 1.82) is 0 Å². The monoisotopic (exact) mass is 299 g/mol. The van der Waals surface area contributed by atoms with Gasteiger partial charge in [-0.3, -0.25) is 0 Å². The quantitative estimate of drug-likeness (QED) is 0.725. The van der Waals surface area contributed by atoms with Crippen molar-refractivity contribution in [2.24, 2.45) is 0 Å². The largest absolute Gasteiger partial charge is 0.464 e. The van der Waals surface area contributed by atoms with Crippen LogP contribution in [0.3, 0.4) is 0 Å². The lowest BCUT2D eigenvalue weighted by molar-refractivity contribution is 0.584. The van der Waals surface area contributed by atoms with Gasteiger partial charge in [0.15, 0.2) is 0 Å². The number of halogens is 1. The first-order chi connectivity index (χ1) is 10.2. The molecule has 2 nitrogen and oxygen atoms in total. The Balaban J connectivity index is 2.11. The molecule has 1 atom stereocenters. The predicted octanol–water partition coefficient (Wildman–Crippen LogP) is 5.09. The van der Waals surface area contributed by atoms with Crippen molar-refractivity contribution in [3.05, 3.63) is 70.4 Å². The van der Waals surface area contributed by atoms with Gasteiger partial charge in [0.05, 0.1) is 12.3 Å².